The molecule has 1 aromatic carbocycles. The van der Waals surface area contributed by atoms with E-state index in [1.165, 1.54) is 11.3 Å². The number of fused-ring (bicyclic) bond motifs is 1. The Bertz CT molecular complexity index is 718. The second kappa shape index (κ2) is 5.64. The van der Waals surface area contributed by atoms with Crippen LogP contribution in [0.15, 0.2) is 34.0 Å². The fourth-order valence-electron chi connectivity index (χ4n) is 1.79. The van der Waals surface area contributed by atoms with Crippen molar-refractivity contribution in [2.75, 3.05) is 0 Å². The highest BCUT2D eigenvalue weighted by Gasteiger charge is 2.08. The molecular formula is C13H11N3O2S2. The summed E-state index contributed by atoms with van der Waals surface area (Å²) in [5.41, 5.74) is 2.58. The predicted octanol–water partition coefficient (Wildman–Crippen LogP) is 2.94. The molecule has 20 heavy (non-hydrogen) atoms. The number of imidazole rings is 1. The summed E-state index contributed by atoms with van der Waals surface area (Å²) in [6, 6.07) is 7.88. The van der Waals surface area contributed by atoms with E-state index in [0.717, 1.165) is 21.2 Å². The minimum absolute atomic E-state index is 0.0261. The topological polar surface area (TPSA) is 78.9 Å². The van der Waals surface area contributed by atoms with E-state index in [9.17, 15) is 4.79 Å². The lowest BCUT2D eigenvalue weighted by Gasteiger charge is -1.93. The van der Waals surface area contributed by atoms with Crippen LogP contribution in [0.1, 0.15) is 11.5 Å². The van der Waals surface area contributed by atoms with Gasteiger partial charge in [-0.1, -0.05) is 23.9 Å². The number of aliphatic carboxylic acids is 1. The van der Waals surface area contributed by atoms with Crippen LogP contribution in [-0.4, -0.2) is 26.0 Å². The summed E-state index contributed by atoms with van der Waals surface area (Å²) < 4.78 is 0.863. The Morgan fingerprint density at radius 3 is 3.00 bits per heavy atom. The first-order chi connectivity index (χ1) is 9.70. The Morgan fingerprint density at radius 1 is 1.35 bits per heavy atom. The quantitative estimate of drug-likeness (QED) is 0.709. The SMILES string of the molecule is O=C(O)Cc1csc(SCc2nc3ccccc3[nH]2)n1. The number of nitrogens with zero attached hydrogens (tertiary/aromatic N) is 2. The summed E-state index contributed by atoms with van der Waals surface area (Å²) in [6.07, 6.45) is -0.0261. The smallest absolute Gasteiger partial charge is 0.309 e. The summed E-state index contributed by atoms with van der Waals surface area (Å²) in [7, 11) is 0. The van der Waals surface area contributed by atoms with Crippen LogP contribution in [0.2, 0.25) is 0 Å². The van der Waals surface area contributed by atoms with Gasteiger partial charge in [-0.3, -0.25) is 4.79 Å². The lowest BCUT2D eigenvalue weighted by atomic mass is 10.3. The first-order valence-electron chi connectivity index (χ1n) is 5.93. The molecule has 0 aliphatic carbocycles. The Labute approximate surface area is 123 Å². The largest absolute Gasteiger partial charge is 0.481 e. The number of H-pyrrole nitrogens is 1. The number of aromatic amines is 1. The summed E-state index contributed by atoms with van der Waals surface area (Å²) in [5.74, 6) is 0.727. The van der Waals surface area contributed by atoms with Crippen molar-refractivity contribution in [1.29, 1.82) is 0 Å². The van der Waals surface area contributed by atoms with Crippen LogP contribution in [-0.2, 0) is 17.0 Å². The molecule has 0 fully saturated rings. The first kappa shape index (κ1) is 13.1. The van der Waals surface area contributed by atoms with E-state index in [1.807, 2.05) is 24.3 Å². The Balaban J connectivity index is 1.66. The summed E-state index contributed by atoms with van der Waals surface area (Å²) in [5, 5.41) is 10.5. The lowest BCUT2D eigenvalue weighted by Crippen LogP contribution is -1.99. The van der Waals surface area contributed by atoms with Gasteiger partial charge in [0.2, 0.25) is 0 Å². The van der Waals surface area contributed by atoms with Gasteiger partial charge < -0.3 is 10.1 Å². The van der Waals surface area contributed by atoms with Gasteiger partial charge in [0.05, 0.1) is 28.9 Å². The van der Waals surface area contributed by atoms with Gasteiger partial charge in [-0.05, 0) is 12.1 Å². The molecule has 2 aromatic heterocycles. The van der Waals surface area contributed by atoms with E-state index in [0.29, 0.717) is 11.4 Å². The zero-order valence-electron chi connectivity index (χ0n) is 10.4. The minimum Gasteiger partial charge on any atom is -0.481 e. The number of carboxylic acid groups (broad SMARTS) is 1. The van der Waals surface area contributed by atoms with E-state index in [1.54, 1.807) is 17.1 Å². The van der Waals surface area contributed by atoms with Crippen molar-refractivity contribution < 1.29 is 9.90 Å². The summed E-state index contributed by atoms with van der Waals surface area (Å²) in [4.78, 5) is 22.6. The minimum atomic E-state index is -0.857. The summed E-state index contributed by atoms with van der Waals surface area (Å²) in [6.45, 7) is 0. The van der Waals surface area contributed by atoms with E-state index in [-0.39, 0.29) is 6.42 Å². The van der Waals surface area contributed by atoms with Crippen LogP contribution in [0.5, 0.6) is 0 Å². The zero-order valence-corrected chi connectivity index (χ0v) is 12.0. The van der Waals surface area contributed by atoms with Gasteiger partial charge in [-0.25, -0.2) is 9.97 Å². The molecule has 0 unspecified atom stereocenters. The molecule has 0 saturated heterocycles. The van der Waals surface area contributed by atoms with Gasteiger partial charge >= 0.3 is 5.97 Å². The monoisotopic (exact) mass is 305 g/mol. The Morgan fingerprint density at radius 2 is 2.20 bits per heavy atom. The van der Waals surface area contributed by atoms with Crippen LogP contribution in [0, 0.1) is 0 Å². The van der Waals surface area contributed by atoms with Gasteiger partial charge in [0, 0.05) is 5.38 Å². The van der Waals surface area contributed by atoms with E-state index < -0.39 is 5.97 Å². The molecule has 3 aromatic rings. The number of hydrogen-bond acceptors (Lipinski definition) is 5. The fourth-order valence-corrected chi connectivity index (χ4v) is 3.51. The van der Waals surface area contributed by atoms with Crippen molar-refractivity contribution in [3.8, 4) is 0 Å². The third-order valence-corrected chi connectivity index (χ3v) is 4.71. The highest BCUT2D eigenvalue weighted by Crippen LogP contribution is 2.26. The second-order valence-corrected chi connectivity index (χ2v) is 6.25. The molecule has 0 atom stereocenters. The van der Waals surface area contributed by atoms with Crippen LogP contribution in [0.25, 0.3) is 11.0 Å². The fraction of sp³-hybridized carbons (Fsp3) is 0.154. The molecule has 0 radical (unpaired) electrons. The van der Waals surface area contributed by atoms with Gasteiger partial charge in [0.1, 0.15) is 5.82 Å². The number of benzene rings is 1. The Kier molecular flexibility index (Phi) is 3.70. The van der Waals surface area contributed by atoms with Crippen molar-refractivity contribution in [1.82, 2.24) is 15.0 Å². The van der Waals surface area contributed by atoms with Gasteiger partial charge in [-0.15, -0.1) is 11.3 Å². The van der Waals surface area contributed by atoms with E-state index >= 15 is 0 Å². The molecular weight excluding hydrogens is 294 g/mol. The third kappa shape index (κ3) is 3.00. The molecule has 7 heteroatoms. The lowest BCUT2D eigenvalue weighted by molar-refractivity contribution is -0.136. The van der Waals surface area contributed by atoms with Crippen LogP contribution in [0.3, 0.4) is 0 Å². The Hall–Kier alpha value is -1.86. The predicted molar refractivity (Wildman–Crippen MR) is 79.1 cm³/mol. The highest BCUT2D eigenvalue weighted by molar-refractivity contribution is 8.00. The number of thiazole rings is 1. The number of aromatic nitrogens is 3. The molecule has 2 heterocycles. The average Bonchev–Trinajstić information content (AvgIpc) is 3.01. The van der Waals surface area contributed by atoms with Crippen LogP contribution in [0.4, 0.5) is 0 Å². The van der Waals surface area contributed by atoms with Gasteiger partial charge in [0.25, 0.3) is 0 Å². The molecule has 0 aliphatic heterocycles. The molecule has 102 valence electrons. The maximum absolute atomic E-state index is 10.6. The zero-order chi connectivity index (χ0) is 13.9. The number of hydrogen-bond donors (Lipinski definition) is 2. The molecule has 0 saturated carbocycles. The number of carbonyl (C=O) groups is 1. The second-order valence-electron chi connectivity index (χ2n) is 4.16. The number of para-hydroxylation sites is 2. The molecule has 3 rings (SSSR count). The van der Waals surface area contributed by atoms with Crippen molar-refractivity contribution in [2.24, 2.45) is 0 Å². The third-order valence-electron chi connectivity index (χ3n) is 2.63. The van der Waals surface area contributed by atoms with Crippen LogP contribution < -0.4 is 0 Å². The highest BCUT2D eigenvalue weighted by atomic mass is 32.2. The molecule has 0 spiro atoms. The van der Waals surface area contributed by atoms with Crippen LogP contribution >= 0.6 is 23.1 Å². The molecule has 2 N–H and O–H groups in total. The summed E-state index contributed by atoms with van der Waals surface area (Å²) >= 11 is 3.02. The molecule has 0 bridgehead atoms. The number of thioether (sulfide) groups is 1. The van der Waals surface area contributed by atoms with Crippen molar-refractivity contribution in [3.63, 3.8) is 0 Å². The molecule has 0 amide bonds. The van der Waals surface area contributed by atoms with E-state index in [2.05, 4.69) is 15.0 Å². The molecule has 0 aliphatic rings. The van der Waals surface area contributed by atoms with Crippen molar-refractivity contribution in [2.45, 2.75) is 16.5 Å². The number of rotatable bonds is 5. The van der Waals surface area contributed by atoms with Crippen molar-refractivity contribution >= 4 is 40.1 Å². The first-order valence-corrected chi connectivity index (χ1v) is 7.80. The molecule has 5 nitrogen and oxygen atoms in total. The maximum Gasteiger partial charge on any atom is 0.309 e. The average molecular weight is 305 g/mol. The normalized spacial score (nSPS) is 11.0. The standard InChI is InChI=1S/C13H11N3O2S2/c17-12(18)5-8-6-19-13(14-8)20-7-11-15-9-3-1-2-4-10(9)16-11/h1-4,6H,5,7H2,(H,15,16)(H,17,18). The number of nitrogens with one attached hydrogen (secondary N) is 1. The van der Waals surface area contributed by atoms with Gasteiger partial charge in [0.15, 0.2) is 4.34 Å². The van der Waals surface area contributed by atoms with Gasteiger partial charge in [-0.2, -0.15) is 0 Å². The number of carboxylic acids is 1. The van der Waals surface area contributed by atoms with E-state index in [4.69, 9.17) is 5.11 Å². The maximum atomic E-state index is 10.6. The van der Waals surface area contributed by atoms with Crippen molar-refractivity contribution in [3.05, 3.63) is 41.2 Å².